The molecule has 1 aromatic heterocycles. The minimum atomic E-state index is -4.64. The number of alkyl carbamates (subject to hydrolysis) is 1. The van der Waals surface area contributed by atoms with Gasteiger partial charge in [-0.25, -0.2) is 4.79 Å². The lowest BCUT2D eigenvalue weighted by atomic mass is 9.83. The number of hydrogen-bond acceptors (Lipinski definition) is 6. The zero-order valence-corrected chi connectivity index (χ0v) is 21.7. The number of hydrogen-bond donors (Lipinski definition) is 3. The molecule has 0 aliphatic heterocycles. The SMILES string of the molecule is CNC(=O)c1cc(Oc2ccc3c(c2)CC(C(=O)Nc2cc(CNC(=O)OC)cc(C(F)(F)F)c2)CC3)ccn1. The molecular formula is C28H27F3N4O5. The van der Waals surface area contributed by atoms with E-state index < -0.39 is 29.7 Å². The summed E-state index contributed by atoms with van der Waals surface area (Å²) in [7, 11) is 2.65. The molecule has 3 amide bonds. The predicted octanol–water partition coefficient (Wildman–Crippen LogP) is 4.85. The molecule has 1 unspecified atom stereocenters. The number of pyridine rings is 1. The number of benzene rings is 2. The van der Waals surface area contributed by atoms with Crippen LogP contribution in [0.25, 0.3) is 0 Å². The second-order valence-electron chi connectivity index (χ2n) is 9.18. The first-order valence-electron chi connectivity index (χ1n) is 12.4. The van der Waals surface area contributed by atoms with Crippen LogP contribution < -0.4 is 20.7 Å². The van der Waals surface area contributed by atoms with Gasteiger partial charge in [-0.1, -0.05) is 6.07 Å². The van der Waals surface area contributed by atoms with E-state index in [9.17, 15) is 27.6 Å². The maximum absolute atomic E-state index is 13.5. The number of alkyl halides is 3. The van der Waals surface area contributed by atoms with Crippen LogP contribution in [0.5, 0.6) is 11.5 Å². The Kier molecular flexibility index (Phi) is 8.56. The third kappa shape index (κ3) is 7.07. The fraction of sp³-hybridized carbons (Fsp3) is 0.286. The zero-order valence-electron chi connectivity index (χ0n) is 21.7. The lowest BCUT2D eigenvalue weighted by molar-refractivity contribution is -0.137. The Hall–Kier alpha value is -4.61. The van der Waals surface area contributed by atoms with E-state index in [1.54, 1.807) is 12.1 Å². The first-order valence-corrected chi connectivity index (χ1v) is 12.4. The van der Waals surface area contributed by atoms with E-state index in [4.69, 9.17) is 4.74 Å². The van der Waals surface area contributed by atoms with E-state index in [2.05, 4.69) is 25.7 Å². The maximum atomic E-state index is 13.5. The number of nitrogens with one attached hydrogen (secondary N) is 3. The number of halogens is 3. The van der Waals surface area contributed by atoms with Crippen molar-refractivity contribution in [3.8, 4) is 11.5 Å². The second kappa shape index (κ2) is 12.1. The molecule has 1 atom stereocenters. The molecule has 40 heavy (non-hydrogen) atoms. The Morgan fingerprint density at radius 3 is 2.52 bits per heavy atom. The van der Waals surface area contributed by atoms with E-state index in [1.165, 1.54) is 25.4 Å². The third-order valence-corrected chi connectivity index (χ3v) is 6.41. The van der Waals surface area contributed by atoms with Gasteiger partial charge in [0.05, 0.1) is 12.7 Å². The van der Waals surface area contributed by atoms with Crippen molar-refractivity contribution in [1.29, 1.82) is 0 Å². The number of amides is 3. The molecule has 210 valence electrons. The van der Waals surface area contributed by atoms with Gasteiger partial charge in [0.2, 0.25) is 5.91 Å². The standard InChI is InChI=1S/C28H27F3N4O5/c1-32-26(37)24-14-23(7-8-33-24)40-22-6-5-17-3-4-18(11-19(17)12-22)25(36)35-21-10-16(15-34-27(38)39-2)9-20(13-21)28(29,30)31/h5-10,12-14,18H,3-4,11,15H2,1-2H3,(H,32,37)(H,34,38)(H,35,36). The summed E-state index contributed by atoms with van der Waals surface area (Å²) in [6.45, 7) is -0.207. The van der Waals surface area contributed by atoms with Crippen molar-refractivity contribution in [2.24, 2.45) is 5.92 Å². The van der Waals surface area contributed by atoms with Crippen LogP contribution >= 0.6 is 0 Å². The van der Waals surface area contributed by atoms with E-state index in [0.29, 0.717) is 30.8 Å². The number of carbonyl (C=O) groups is 3. The van der Waals surface area contributed by atoms with Gasteiger partial charge in [-0.05, 0) is 72.4 Å². The van der Waals surface area contributed by atoms with Crippen LogP contribution in [0.1, 0.15) is 39.2 Å². The average Bonchev–Trinajstić information content (AvgIpc) is 2.94. The van der Waals surface area contributed by atoms with Gasteiger partial charge in [0.1, 0.15) is 17.2 Å². The molecule has 9 nitrogen and oxygen atoms in total. The van der Waals surface area contributed by atoms with Crippen molar-refractivity contribution < 1.29 is 37.0 Å². The molecule has 3 aromatic rings. The number of ether oxygens (including phenoxy) is 2. The first-order chi connectivity index (χ1) is 19.0. The highest BCUT2D eigenvalue weighted by molar-refractivity contribution is 5.93. The molecule has 1 aliphatic rings. The Morgan fingerprint density at radius 1 is 1.02 bits per heavy atom. The monoisotopic (exact) mass is 556 g/mol. The van der Waals surface area contributed by atoms with Crippen LogP contribution in [0.4, 0.5) is 23.7 Å². The lowest BCUT2D eigenvalue weighted by Gasteiger charge is -2.25. The molecule has 0 saturated carbocycles. The van der Waals surface area contributed by atoms with Crippen molar-refractivity contribution in [2.75, 3.05) is 19.5 Å². The Balaban J connectivity index is 1.48. The summed E-state index contributed by atoms with van der Waals surface area (Å²) < 4.78 is 50.8. The molecule has 0 radical (unpaired) electrons. The number of nitrogens with zero attached hydrogens (tertiary/aromatic N) is 1. The Morgan fingerprint density at radius 2 is 1.80 bits per heavy atom. The molecule has 0 saturated heterocycles. The van der Waals surface area contributed by atoms with Gasteiger partial charge < -0.3 is 25.4 Å². The van der Waals surface area contributed by atoms with E-state index in [0.717, 1.165) is 30.4 Å². The summed E-state index contributed by atoms with van der Waals surface area (Å²) in [5.41, 5.74) is 1.33. The number of rotatable bonds is 7. The fourth-order valence-electron chi connectivity index (χ4n) is 4.40. The van der Waals surface area contributed by atoms with Crippen LogP contribution in [0, 0.1) is 5.92 Å². The quantitative estimate of drug-likeness (QED) is 0.383. The fourth-order valence-corrected chi connectivity index (χ4v) is 4.40. The molecule has 1 aliphatic carbocycles. The van der Waals surface area contributed by atoms with Crippen LogP contribution in [-0.2, 0) is 35.1 Å². The van der Waals surface area contributed by atoms with Crippen LogP contribution in [0.3, 0.4) is 0 Å². The third-order valence-electron chi connectivity index (χ3n) is 6.41. The number of carbonyl (C=O) groups excluding carboxylic acids is 3. The smallest absolute Gasteiger partial charge is 0.416 e. The lowest BCUT2D eigenvalue weighted by Crippen LogP contribution is -2.28. The normalized spacial score (nSPS) is 14.5. The van der Waals surface area contributed by atoms with E-state index >= 15 is 0 Å². The van der Waals surface area contributed by atoms with E-state index in [1.807, 2.05) is 12.1 Å². The van der Waals surface area contributed by atoms with Gasteiger partial charge in [-0.15, -0.1) is 0 Å². The minimum absolute atomic E-state index is 0.0195. The van der Waals surface area contributed by atoms with Crippen molar-refractivity contribution in [1.82, 2.24) is 15.6 Å². The van der Waals surface area contributed by atoms with Gasteiger partial charge in [0.15, 0.2) is 0 Å². The van der Waals surface area contributed by atoms with Crippen LogP contribution in [0.15, 0.2) is 54.7 Å². The van der Waals surface area contributed by atoms with Crippen molar-refractivity contribution in [3.05, 3.63) is 82.7 Å². The first kappa shape index (κ1) is 28.4. The molecule has 0 bridgehead atoms. The van der Waals surface area contributed by atoms with E-state index in [-0.39, 0.29) is 29.4 Å². The highest BCUT2D eigenvalue weighted by Crippen LogP contribution is 2.34. The second-order valence-corrected chi connectivity index (χ2v) is 9.18. The summed E-state index contributed by atoms with van der Waals surface area (Å²) in [5.74, 6) is -0.310. The Bertz CT molecular complexity index is 1430. The van der Waals surface area contributed by atoms with Crippen LogP contribution in [0.2, 0.25) is 0 Å². The number of fused-ring (bicyclic) bond motifs is 1. The molecule has 12 heteroatoms. The molecule has 1 heterocycles. The predicted molar refractivity (Wildman–Crippen MR) is 139 cm³/mol. The molecule has 0 spiro atoms. The molecule has 3 N–H and O–H groups in total. The Labute approximate surface area is 228 Å². The highest BCUT2D eigenvalue weighted by atomic mass is 19.4. The van der Waals surface area contributed by atoms with Gasteiger partial charge in [-0.3, -0.25) is 14.6 Å². The van der Waals surface area contributed by atoms with Crippen molar-refractivity contribution in [2.45, 2.75) is 32.0 Å². The molecule has 0 fully saturated rings. The topological polar surface area (TPSA) is 119 Å². The van der Waals surface area contributed by atoms with Crippen molar-refractivity contribution >= 4 is 23.6 Å². The number of aryl methyl sites for hydroxylation is 1. The minimum Gasteiger partial charge on any atom is -0.457 e. The number of anilines is 1. The largest absolute Gasteiger partial charge is 0.457 e. The van der Waals surface area contributed by atoms with Gasteiger partial charge in [0, 0.05) is 37.5 Å². The van der Waals surface area contributed by atoms with Gasteiger partial charge in [-0.2, -0.15) is 13.2 Å². The summed E-state index contributed by atoms with van der Waals surface area (Å²) >= 11 is 0. The number of methoxy groups -OCH3 is 1. The molecular weight excluding hydrogens is 529 g/mol. The molecule has 4 rings (SSSR count). The zero-order chi connectivity index (χ0) is 28.9. The highest BCUT2D eigenvalue weighted by Gasteiger charge is 2.32. The molecule has 2 aromatic carbocycles. The van der Waals surface area contributed by atoms with Crippen LogP contribution in [-0.4, -0.2) is 37.0 Å². The summed E-state index contributed by atoms with van der Waals surface area (Å²) in [5, 5.41) is 7.46. The maximum Gasteiger partial charge on any atom is 0.416 e. The summed E-state index contributed by atoms with van der Waals surface area (Å²) in [4.78, 5) is 40.3. The van der Waals surface area contributed by atoms with Gasteiger partial charge in [0.25, 0.3) is 5.91 Å². The summed E-state index contributed by atoms with van der Waals surface area (Å²) in [6, 6.07) is 11.8. The van der Waals surface area contributed by atoms with Gasteiger partial charge >= 0.3 is 12.3 Å². The van der Waals surface area contributed by atoms with Crippen molar-refractivity contribution in [3.63, 3.8) is 0 Å². The number of aromatic nitrogens is 1. The summed E-state index contributed by atoms with van der Waals surface area (Å²) in [6.07, 6.45) is -2.47. The average molecular weight is 557 g/mol.